The molecule has 3 atom stereocenters. The van der Waals surface area contributed by atoms with Crippen molar-refractivity contribution < 1.29 is 9.90 Å². The number of hydrogen-bond acceptors (Lipinski definition) is 4. The summed E-state index contributed by atoms with van der Waals surface area (Å²) in [7, 11) is 0. The van der Waals surface area contributed by atoms with Crippen LogP contribution in [0.1, 0.15) is 41.0 Å². The van der Waals surface area contributed by atoms with Gasteiger partial charge in [-0.05, 0) is 73.5 Å². The lowest BCUT2D eigenvalue weighted by Crippen LogP contribution is -2.68. The fourth-order valence-corrected chi connectivity index (χ4v) is 5.41. The van der Waals surface area contributed by atoms with Gasteiger partial charge in [0.25, 0.3) is 0 Å². The predicted octanol–water partition coefficient (Wildman–Crippen LogP) is 4.41. The number of urea groups is 1. The topological polar surface area (TPSA) is 79.6 Å². The molecule has 2 amide bonds. The van der Waals surface area contributed by atoms with E-state index in [1.807, 2.05) is 47.4 Å². The first-order chi connectivity index (χ1) is 18.2. The Hall–Kier alpha value is -4.10. The molecule has 2 heterocycles. The van der Waals surface area contributed by atoms with Gasteiger partial charge in [0.2, 0.25) is 0 Å². The first kappa shape index (κ1) is 24.6. The highest BCUT2D eigenvalue weighted by Crippen LogP contribution is 2.42. The van der Waals surface area contributed by atoms with Gasteiger partial charge in [-0.25, -0.2) is 4.79 Å². The van der Waals surface area contributed by atoms with Gasteiger partial charge in [0.15, 0.2) is 0 Å². The zero-order chi connectivity index (χ0) is 25.6. The van der Waals surface area contributed by atoms with Gasteiger partial charge in [-0.15, -0.1) is 0 Å². The van der Waals surface area contributed by atoms with Crippen molar-refractivity contribution in [2.45, 2.75) is 30.8 Å². The monoisotopic (exact) mass is 490 g/mol. The first-order valence-corrected chi connectivity index (χ1v) is 12.8. The van der Waals surface area contributed by atoms with E-state index in [0.29, 0.717) is 24.3 Å². The van der Waals surface area contributed by atoms with Gasteiger partial charge in [0, 0.05) is 47.9 Å². The fourth-order valence-electron chi connectivity index (χ4n) is 5.41. The van der Waals surface area contributed by atoms with Gasteiger partial charge in [0.05, 0.1) is 18.2 Å². The summed E-state index contributed by atoms with van der Waals surface area (Å²) in [5, 5.41) is 22.2. The molecule has 2 aliphatic heterocycles. The normalized spacial score (nSPS) is 21.2. The number of anilines is 1. The summed E-state index contributed by atoms with van der Waals surface area (Å²) in [6.07, 6.45) is 1.90. The van der Waals surface area contributed by atoms with E-state index >= 15 is 0 Å². The Morgan fingerprint density at radius 2 is 1.54 bits per heavy atom. The van der Waals surface area contributed by atoms with E-state index < -0.39 is 0 Å². The summed E-state index contributed by atoms with van der Waals surface area (Å²) in [5.41, 5.74) is 4.33. The molecule has 0 aromatic heterocycles. The van der Waals surface area contributed by atoms with Crippen LogP contribution in [0.25, 0.3) is 0 Å². The van der Waals surface area contributed by atoms with E-state index in [1.54, 1.807) is 24.3 Å². The molecular formula is C31H30N4O2. The Labute approximate surface area is 218 Å². The highest BCUT2D eigenvalue weighted by Gasteiger charge is 2.49. The van der Waals surface area contributed by atoms with Crippen LogP contribution in [0.3, 0.4) is 0 Å². The highest BCUT2D eigenvalue weighted by atomic mass is 16.3. The minimum Gasteiger partial charge on any atom is -0.395 e. The molecule has 0 unspecified atom stereocenters. The average Bonchev–Trinajstić information content (AvgIpc) is 2.92. The van der Waals surface area contributed by atoms with Crippen LogP contribution >= 0.6 is 0 Å². The minimum atomic E-state index is -0.135. The smallest absolute Gasteiger partial charge is 0.321 e. The lowest BCUT2D eigenvalue weighted by molar-refractivity contribution is -0.0585. The number of hydrogen-bond donors (Lipinski definition) is 2. The third kappa shape index (κ3) is 5.52. The fraction of sp³-hybridized carbons (Fsp3) is 0.290. The third-order valence-electron chi connectivity index (χ3n) is 7.34. The van der Waals surface area contributed by atoms with Gasteiger partial charge in [-0.2, -0.15) is 5.26 Å². The molecule has 3 aromatic carbocycles. The Kier molecular flexibility index (Phi) is 7.51. The van der Waals surface area contributed by atoms with Crippen LogP contribution < -0.4 is 5.32 Å². The lowest BCUT2D eigenvalue weighted by atomic mass is 9.74. The van der Waals surface area contributed by atoms with Crippen LogP contribution in [0.15, 0.2) is 78.9 Å². The summed E-state index contributed by atoms with van der Waals surface area (Å²) in [6.45, 7) is 2.31. The van der Waals surface area contributed by atoms with Crippen molar-refractivity contribution >= 4 is 11.7 Å². The molecule has 2 aliphatic rings. The van der Waals surface area contributed by atoms with Crippen molar-refractivity contribution in [2.75, 3.05) is 31.6 Å². The minimum absolute atomic E-state index is 0.0489. The van der Waals surface area contributed by atoms with Crippen LogP contribution in [-0.2, 0) is 0 Å². The number of aliphatic hydroxyl groups excluding tert-OH is 1. The summed E-state index contributed by atoms with van der Waals surface area (Å²) in [6, 6.07) is 27.3. The average molecular weight is 491 g/mol. The maximum Gasteiger partial charge on any atom is 0.321 e. The second-order valence-electron chi connectivity index (χ2n) is 9.59. The van der Waals surface area contributed by atoms with E-state index in [4.69, 9.17) is 5.26 Å². The summed E-state index contributed by atoms with van der Waals surface area (Å²) in [4.78, 5) is 17.4. The molecule has 6 heteroatoms. The lowest BCUT2D eigenvalue weighted by Gasteiger charge is -2.57. The van der Waals surface area contributed by atoms with Gasteiger partial charge < -0.3 is 15.3 Å². The zero-order valence-electron chi connectivity index (χ0n) is 20.7. The van der Waals surface area contributed by atoms with Crippen molar-refractivity contribution in [2.24, 2.45) is 0 Å². The van der Waals surface area contributed by atoms with Crippen molar-refractivity contribution in [3.63, 3.8) is 0 Å². The van der Waals surface area contributed by atoms with Crippen LogP contribution in [0.2, 0.25) is 0 Å². The largest absolute Gasteiger partial charge is 0.395 e. The molecule has 37 heavy (non-hydrogen) atoms. The van der Waals surface area contributed by atoms with Crippen molar-refractivity contribution in [3.05, 3.63) is 101 Å². The molecule has 186 valence electrons. The van der Waals surface area contributed by atoms with Crippen LogP contribution in [0.5, 0.6) is 0 Å². The first-order valence-electron chi connectivity index (χ1n) is 12.8. The summed E-state index contributed by atoms with van der Waals surface area (Å²) in [5.74, 6) is 6.57. The number of benzene rings is 3. The quantitative estimate of drug-likeness (QED) is 0.533. The molecule has 2 fully saturated rings. The number of fused-ring (bicyclic) bond motifs is 1. The number of rotatable bonds is 3. The molecular weight excluding hydrogens is 460 g/mol. The molecule has 0 aliphatic carbocycles. The maximum atomic E-state index is 13.2. The van der Waals surface area contributed by atoms with Crippen molar-refractivity contribution in [1.82, 2.24) is 9.80 Å². The Morgan fingerprint density at radius 1 is 0.892 bits per heavy atom. The number of nitrogens with one attached hydrogen (secondary N) is 1. The maximum absolute atomic E-state index is 13.2. The van der Waals surface area contributed by atoms with E-state index in [-0.39, 0.29) is 30.6 Å². The Bertz CT molecular complexity index is 1320. The second kappa shape index (κ2) is 11.3. The number of nitriles is 1. The summed E-state index contributed by atoms with van der Waals surface area (Å²) >= 11 is 0. The summed E-state index contributed by atoms with van der Waals surface area (Å²) < 4.78 is 0. The zero-order valence-corrected chi connectivity index (χ0v) is 20.7. The molecule has 0 bridgehead atoms. The van der Waals surface area contributed by atoms with Gasteiger partial charge in [0.1, 0.15) is 0 Å². The number of carbonyl (C=O) groups excluding carboxylic acids is 1. The molecule has 6 nitrogen and oxygen atoms in total. The number of nitrogens with zero attached hydrogens (tertiary/aromatic N) is 3. The van der Waals surface area contributed by atoms with Crippen molar-refractivity contribution in [1.29, 1.82) is 5.26 Å². The molecule has 2 saturated heterocycles. The standard InChI is InChI=1S/C31H30N4O2/c32-20-25-12-16-27(17-13-25)33-31(37)34-18-4-5-19-35-28(21-34)30(29(35)22-36)26-14-10-24(11-15-26)9-8-23-6-2-1-3-7-23/h1-3,6-7,10-17,28-30,36H,4-5,18-19,21-22H2,(H,33,37)/t28-,29+,30+/m0/s1. The number of amides is 2. The molecule has 0 radical (unpaired) electrons. The van der Waals surface area contributed by atoms with Crippen LogP contribution in [-0.4, -0.2) is 59.3 Å². The predicted molar refractivity (Wildman–Crippen MR) is 144 cm³/mol. The molecule has 0 saturated carbocycles. The van der Waals surface area contributed by atoms with Crippen LogP contribution in [0.4, 0.5) is 10.5 Å². The van der Waals surface area contributed by atoms with Crippen LogP contribution in [0, 0.1) is 23.2 Å². The Morgan fingerprint density at radius 3 is 2.22 bits per heavy atom. The number of carbonyl (C=O) groups is 1. The van der Waals surface area contributed by atoms with Crippen molar-refractivity contribution in [3.8, 4) is 17.9 Å². The molecule has 0 spiro atoms. The molecule has 3 aromatic rings. The van der Waals surface area contributed by atoms with E-state index in [9.17, 15) is 9.90 Å². The molecule has 2 N–H and O–H groups in total. The van der Waals surface area contributed by atoms with Gasteiger partial charge >= 0.3 is 6.03 Å². The Balaban J connectivity index is 1.31. The van der Waals surface area contributed by atoms with E-state index in [0.717, 1.165) is 30.5 Å². The third-order valence-corrected chi connectivity index (χ3v) is 7.34. The van der Waals surface area contributed by atoms with Gasteiger partial charge in [-0.1, -0.05) is 42.2 Å². The van der Waals surface area contributed by atoms with E-state index in [1.165, 1.54) is 5.56 Å². The number of aliphatic hydroxyl groups is 1. The second-order valence-corrected chi connectivity index (χ2v) is 9.59. The highest BCUT2D eigenvalue weighted by molar-refractivity contribution is 5.89. The van der Waals surface area contributed by atoms with E-state index in [2.05, 4.69) is 40.3 Å². The SMILES string of the molecule is N#Cc1ccc(NC(=O)N2CCCCN3[C@H](CO)[C@H](c4ccc(C#Cc5ccccc5)cc4)[C@@H]3C2)cc1. The van der Waals surface area contributed by atoms with Gasteiger partial charge in [-0.3, -0.25) is 4.90 Å². The molecule has 5 rings (SSSR count).